The van der Waals surface area contributed by atoms with Crippen LogP contribution in [0.4, 0.5) is 0 Å². The molecular weight excluding hydrogens is 366 g/mol. The zero-order valence-corrected chi connectivity index (χ0v) is 16.8. The number of tetrazole rings is 1. The minimum absolute atomic E-state index is 0.129. The SMILES string of the molecule is CCOC(=O)CNC1(c2nnnn2-c2cccc(Cl)c2C)CCC(C)CC1. The van der Waals surface area contributed by atoms with Gasteiger partial charge in [-0.05, 0) is 73.6 Å². The van der Waals surface area contributed by atoms with E-state index in [1.807, 2.05) is 25.1 Å². The Bertz CT molecular complexity index is 799. The predicted octanol–water partition coefficient (Wildman–Crippen LogP) is 3.18. The number of esters is 1. The van der Waals surface area contributed by atoms with Crippen LogP contribution in [0.2, 0.25) is 5.02 Å². The van der Waals surface area contributed by atoms with Gasteiger partial charge >= 0.3 is 5.97 Å². The molecule has 8 heteroatoms. The van der Waals surface area contributed by atoms with E-state index in [-0.39, 0.29) is 12.5 Å². The second kappa shape index (κ2) is 8.35. The van der Waals surface area contributed by atoms with Gasteiger partial charge in [0.05, 0.1) is 24.4 Å². The van der Waals surface area contributed by atoms with Crippen molar-refractivity contribution in [2.45, 2.75) is 52.0 Å². The lowest BCUT2D eigenvalue weighted by atomic mass is 9.76. The molecule has 1 aliphatic rings. The third-order valence-electron chi connectivity index (χ3n) is 5.37. The van der Waals surface area contributed by atoms with Gasteiger partial charge in [-0.15, -0.1) is 5.10 Å². The summed E-state index contributed by atoms with van der Waals surface area (Å²) >= 11 is 6.30. The highest BCUT2D eigenvalue weighted by atomic mass is 35.5. The number of hydrogen-bond acceptors (Lipinski definition) is 6. The molecule has 0 aliphatic heterocycles. The van der Waals surface area contributed by atoms with E-state index in [2.05, 4.69) is 27.8 Å². The third-order valence-corrected chi connectivity index (χ3v) is 5.78. The molecule has 0 radical (unpaired) electrons. The molecule has 3 rings (SSSR count). The second-order valence-electron chi connectivity index (χ2n) is 7.22. The van der Waals surface area contributed by atoms with Crippen molar-refractivity contribution in [3.8, 4) is 5.69 Å². The fourth-order valence-corrected chi connectivity index (χ4v) is 3.83. The number of carbonyl (C=O) groups excluding carboxylic acids is 1. The summed E-state index contributed by atoms with van der Waals surface area (Å²) in [5.41, 5.74) is 1.29. The van der Waals surface area contributed by atoms with E-state index in [0.29, 0.717) is 23.4 Å². The molecule has 1 aromatic heterocycles. The van der Waals surface area contributed by atoms with E-state index in [9.17, 15) is 4.79 Å². The van der Waals surface area contributed by atoms with Crippen LogP contribution in [0.3, 0.4) is 0 Å². The van der Waals surface area contributed by atoms with Crippen molar-refractivity contribution in [3.05, 3.63) is 34.6 Å². The number of halogens is 1. The van der Waals surface area contributed by atoms with Crippen molar-refractivity contribution in [1.29, 1.82) is 0 Å². The fourth-order valence-electron chi connectivity index (χ4n) is 3.66. The van der Waals surface area contributed by atoms with Gasteiger partial charge in [0.25, 0.3) is 0 Å². The van der Waals surface area contributed by atoms with Crippen LogP contribution in [0, 0.1) is 12.8 Å². The van der Waals surface area contributed by atoms with Crippen molar-refractivity contribution in [2.24, 2.45) is 5.92 Å². The fraction of sp³-hybridized carbons (Fsp3) is 0.579. The molecule has 0 bridgehead atoms. The van der Waals surface area contributed by atoms with Crippen LogP contribution in [0.15, 0.2) is 18.2 Å². The quantitative estimate of drug-likeness (QED) is 0.761. The molecule has 7 nitrogen and oxygen atoms in total. The summed E-state index contributed by atoms with van der Waals surface area (Å²) in [4.78, 5) is 12.0. The first-order valence-corrected chi connectivity index (χ1v) is 9.79. The van der Waals surface area contributed by atoms with Gasteiger partial charge in [-0.25, -0.2) is 0 Å². The van der Waals surface area contributed by atoms with Gasteiger partial charge in [0.2, 0.25) is 0 Å². The number of rotatable bonds is 6. The number of benzene rings is 1. The first-order chi connectivity index (χ1) is 13.0. The Labute approximate surface area is 164 Å². The molecular formula is C19H26ClN5O2. The van der Waals surface area contributed by atoms with E-state index >= 15 is 0 Å². The van der Waals surface area contributed by atoms with Gasteiger partial charge < -0.3 is 4.74 Å². The highest BCUT2D eigenvalue weighted by Crippen LogP contribution is 2.39. The molecule has 0 atom stereocenters. The van der Waals surface area contributed by atoms with Crippen molar-refractivity contribution in [1.82, 2.24) is 25.5 Å². The topological polar surface area (TPSA) is 81.9 Å². The Kier molecular flexibility index (Phi) is 6.11. The van der Waals surface area contributed by atoms with Gasteiger partial charge in [-0.3, -0.25) is 10.1 Å². The third kappa shape index (κ3) is 4.14. The molecule has 1 saturated carbocycles. The van der Waals surface area contributed by atoms with Gasteiger partial charge in [-0.2, -0.15) is 4.68 Å². The average molecular weight is 392 g/mol. The van der Waals surface area contributed by atoms with Crippen molar-refractivity contribution in [2.75, 3.05) is 13.2 Å². The monoisotopic (exact) mass is 391 g/mol. The van der Waals surface area contributed by atoms with E-state index in [1.54, 1.807) is 11.6 Å². The van der Waals surface area contributed by atoms with Gasteiger partial charge in [0.15, 0.2) is 5.82 Å². The maximum absolute atomic E-state index is 12.0. The van der Waals surface area contributed by atoms with E-state index in [1.165, 1.54) is 0 Å². The summed E-state index contributed by atoms with van der Waals surface area (Å²) in [6, 6.07) is 5.69. The summed E-state index contributed by atoms with van der Waals surface area (Å²) in [5, 5.41) is 16.6. The van der Waals surface area contributed by atoms with E-state index in [0.717, 1.165) is 36.9 Å². The molecule has 2 aromatic rings. The number of nitrogens with zero attached hydrogens (tertiary/aromatic N) is 4. The van der Waals surface area contributed by atoms with Gasteiger partial charge in [0, 0.05) is 5.02 Å². The van der Waals surface area contributed by atoms with Crippen LogP contribution >= 0.6 is 11.6 Å². The number of carbonyl (C=O) groups is 1. The molecule has 27 heavy (non-hydrogen) atoms. The van der Waals surface area contributed by atoms with Crippen molar-refractivity contribution >= 4 is 17.6 Å². The Morgan fingerprint density at radius 2 is 2.15 bits per heavy atom. The summed E-state index contributed by atoms with van der Waals surface area (Å²) < 4.78 is 6.83. The predicted molar refractivity (Wildman–Crippen MR) is 103 cm³/mol. The smallest absolute Gasteiger partial charge is 0.319 e. The lowest BCUT2D eigenvalue weighted by Gasteiger charge is -2.39. The zero-order valence-electron chi connectivity index (χ0n) is 16.0. The highest BCUT2D eigenvalue weighted by Gasteiger charge is 2.41. The largest absolute Gasteiger partial charge is 0.465 e. The first-order valence-electron chi connectivity index (χ1n) is 9.42. The molecule has 1 aliphatic carbocycles. The molecule has 1 fully saturated rings. The first kappa shape index (κ1) is 19.8. The van der Waals surface area contributed by atoms with Gasteiger partial charge in [0.1, 0.15) is 0 Å². The van der Waals surface area contributed by atoms with Crippen molar-refractivity contribution in [3.63, 3.8) is 0 Å². The average Bonchev–Trinajstić information content (AvgIpc) is 3.14. The molecule has 0 spiro atoms. The van der Waals surface area contributed by atoms with Crippen LogP contribution in [0.25, 0.3) is 5.69 Å². The van der Waals surface area contributed by atoms with Crippen LogP contribution < -0.4 is 5.32 Å². The molecule has 1 heterocycles. The van der Waals surface area contributed by atoms with Crippen LogP contribution in [-0.4, -0.2) is 39.3 Å². The summed E-state index contributed by atoms with van der Waals surface area (Å²) in [5.74, 6) is 1.08. The lowest BCUT2D eigenvalue weighted by Crippen LogP contribution is -2.49. The van der Waals surface area contributed by atoms with Crippen LogP contribution in [0.5, 0.6) is 0 Å². The van der Waals surface area contributed by atoms with Crippen LogP contribution in [0.1, 0.15) is 50.9 Å². The Balaban J connectivity index is 1.97. The maximum Gasteiger partial charge on any atom is 0.319 e. The second-order valence-corrected chi connectivity index (χ2v) is 7.63. The number of ether oxygens (including phenoxy) is 1. The standard InChI is InChI=1S/C19H26ClN5O2/c1-4-27-17(26)12-21-19(10-8-13(2)9-11-19)18-22-23-24-25(18)16-7-5-6-15(20)14(16)3/h5-7,13,21H,4,8-12H2,1-3H3. The number of nitrogens with one attached hydrogen (secondary N) is 1. The van der Waals surface area contributed by atoms with Crippen LogP contribution in [-0.2, 0) is 15.1 Å². The molecule has 1 aromatic carbocycles. The Morgan fingerprint density at radius 1 is 1.41 bits per heavy atom. The van der Waals surface area contributed by atoms with E-state index < -0.39 is 5.54 Å². The Hall–Kier alpha value is -1.99. The molecule has 0 amide bonds. The summed E-state index contributed by atoms with van der Waals surface area (Å²) in [6.07, 6.45) is 3.79. The normalized spacial score (nSPS) is 22.6. The molecule has 1 N–H and O–H groups in total. The Morgan fingerprint density at radius 3 is 2.85 bits per heavy atom. The van der Waals surface area contributed by atoms with Crippen molar-refractivity contribution < 1.29 is 9.53 Å². The number of aromatic nitrogens is 4. The molecule has 0 saturated heterocycles. The minimum atomic E-state index is -0.475. The number of hydrogen-bond donors (Lipinski definition) is 1. The summed E-state index contributed by atoms with van der Waals surface area (Å²) in [6.45, 7) is 6.50. The zero-order chi connectivity index (χ0) is 19.4. The highest BCUT2D eigenvalue weighted by molar-refractivity contribution is 6.31. The minimum Gasteiger partial charge on any atom is -0.465 e. The summed E-state index contributed by atoms with van der Waals surface area (Å²) in [7, 11) is 0. The maximum atomic E-state index is 12.0. The van der Waals surface area contributed by atoms with E-state index in [4.69, 9.17) is 16.3 Å². The lowest BCUT2D eigenvalue weighted by molar-refractivity contribution is -0.142. The van der Waals surface area contributed by atoms with Gasteiger partial charge in [-0.1, -0.05) is 24.6 Å². The molecule has 0 unspecified atom stereocenters. The molecule has 146 valence electrons.